The highest BCUT2D eigenvalue weighted by atomic mass is 28.4. The molecule has 0 unspecified atom stereocenters. The first-order chi connectivity index (χ1) is 5.66. The second-order valence-electron chi connectivity index (χ2n) is 4.57. The summed E-state index contributed by atoms with van der Waals surface area (Å²) in [6, 6.07) is 0. The monoisotopic (exact) mass is 204 g/mol. The Labute approximate surface area is 81.7 Å². The lowest BCUT2D eigenvalue weighted by Gasteiger charge is -2.32. The predicted molar refractivity (Wildman–Crippen MR) is 54.9 cm³/mol. The van der Waals surface area contributed by atoms with Crippen LogP contribution in [0, 0.1) is 0 Å². The van der Waals surface area contributed by atoms with E-state index in [0.29, 0.717) is 0 Å². The second kappa shape index (κ2) is 4.35. The molecule has 0 N–H and O–H groups in total. The van der Waals surface area contributed by atoms with Gasteiger partial charge in [0.25, 0.3) is 0 Å². The van der Waals surface area contributed by atoms with Crippen molar-refractivity contribution in [2.24, 2.45) is 0 Å². The average Bonchev–Trinajstić information content (AvgIpc) is 1.80. The van der Waals surface area contributed by atoms with Gasteiger partial charge >= 0.3 is 8.56 Å². The van der Waals surface area contributed by atoms with Crippen LogP contribution in [0.5, 0.6) is 0 Å². The van der Waals surface area contributed by atoms with Gasteiger partial charge in [-0.05, 0) is 40.8 Å². The second-order valence-corrected chi connectivity index (χ2v) is 7.81. The van der Waals surface area contributed by atoms with Gasteiger partial charge in [0.2, 0.25) is 0 Å². The Bertz CT molecular complexity index is 172. The summed E-state index contributed by atoms with van der Waals surface area (Å²) in [5.41, 5.74) is -0.210. The summed E-state index contributed by atoms with van der Waals surface area (Å²) in [5.74, 6) is 0. The van der Waals surface area contributed by atoms with E-state index >= 15 is 0 Å². The third-order valence-electron chi connectivity index (χ3n) is 1.21. The highest BCUT2D eigenvalue weighted by Gasteiger charge is 2.32. The molecule has 0 aliphatic carbocycles. The third kappa shape index (κ3) is 6.92. The molecule has 0 bridgehead atoms. The summed E-state index contributed by atoms with van der Waals surface area (Å²) in [5, 5.41) is 0. The number of carbonyl (C=O) groups excluding carboxylic acids is 1. The molecule has 0 rings (SSSR count). The Kier molecular flexibility index (Phi) is 4.28. The van der Waals surface area contributed by atoms with Crippen LogP contribution < -0.4 is 0 Å². The molecule has 0 aromatic rings. The zero-order chi connectivity index (χ0) is 10.7. The first-order valence-electron chi connectivity index (χ1n) is 4.49. The quantitative estimate of drug-likeness (QED) is 0.520. The maximum atomic E-state index is 10.4. The van der Waals surface area contributed by atoms with Crippen molar-refractivity contribution in [2.45, 2.75) is 52.5 Å². The molecule has 0 heterocycles. The Morgan fingerprint density at radius 2 is 1.77 bits per heavy atom. The van der Waals surface area contributed by atoms with E-state index in [1.165, 1.54) is 0 Å². The van der Waals surface area contributed by atoms with Gasteiger partial charge in [-0.3, -0.25) is 0 Å². The van der Waals surface area contributed by atoms with Crippen molar-refractivity contribution in [2.75, 3.05) is 0 Å². The third-order valence-corrected chi connectivity index (χ3v) is 3.26. The van der Waals surface area contributed by atoms with E-state index in [9.17, 15) is 4.79 Å². The van der Waals surface area contributed by atoms with Gasteiger partial charge in [-0.1, -0.05) is 0 Å². The lowest BCUT2D eigenvalue weighted by molar-refractivity contribution is -0.114. The van der Waals surface area contributed by atoms with Gasteiger partial charge in [0.05, 0.1) is 5.60 Å². The van der Waals surface area contributed by atoms with Crippen molar-refractivity contribution in [3.05, 3.63) is 0 Å². The Morgan fingerprint density at radius 3 is 2.08 bits per heavy atom. The zero-order valence-electron chi connectivity index (χ0n) is 9.38. The standard InChI is InChI=1S/C9H20O3Si/c1-8(7-10)11-13(5,6)12-9(2,3)4/h7-8H,1-6H3/t8-/m0/s1. The number of hydrogen-bond donors (Lipinski definition) is 0. The normalized spacial score (nSPS) is 15.5. The molecule has 3 nitrogen and oxygen atoms in total. The topological polar surface area (TPSA) is 35.5 Å². The molecule has 0 spiro atoms. The lowest BCUT2D eigenvalue weighted by Crippen LogP contribution is -2.44. The van der Waals surface area contributed by atoms with E-state index in [1.54, 1.807) is 6.92 Å². The van der Waals surface area contributed by atoms with Crippen molar-refractivity contribution < 1.29 is 13.6 Å². The van der Waals surface area contributed by atoms with Crippen LogP contribution in [0.2, 0.25) is 13.1 Å². The van der Waals surface area contributed by atoms with Gasteiger partial charge in [0.1, 0.15) is 12.4 Å². The van der Waals surface area contributed by atoms with Crippen LogP contribution >= 0.6 is 0 Å². The molecule has 0 radical (unpaired) electrons. The van der Waals surface area contributed by atoms with E-state index in [0.717, 1.165) is 6.29 Å². The fourth-order valence-electron chi connectivity index (χ4n) is 1.24. The van der Waals surface area contributed by atoms with Gasteiger partial charge in [-0.25, -0.2) is 0 Å². The summed E-state index contributed by atoms with van der Waals surface area (Å²) < 4.78 is 11.3. The molecular formula is C9H20O3Si. The molecule has 0 amide bonds. The minimum atomic E-state index is -2.15. The minimum absolute atomic E-state index is 0.210. The van der Waals surface area contributed by atoms with E-state index in [-0.39, 0.29) is 11.7 Å². The molecule has 0 aliphatic rings. The van der Waals surface area contributed by atoms with Crippen molar-refractivity contribution >= 4 is 14.8 Å². The molecule has 13 heavy (non-hydrogen) atoms. The SMILES string of the molecule is C[C@@H](C=O)O[Si](C)(C)OC(C)(C)C. The molecule has 0 saturated heterocycles. The summed E-state index contributed by atoms with van der Waals surface area (Å²) in [7, 11) is -2.15. The predicted octanol–water partition coefficient (Wildman–Crippen LogP) is 2.11. The molecule has 0 saturated carbocycles. The van der Waals surface area contributed by atoms with Crippen LogP contribution in [0.4, 0.5) is 0 Å². The number of rotatable bonds is 4. The van der Waals surface area contributed by atoms with Gasteiger partial charge in [0.15, 0.2) is 0 Å². The van der Waals surface area contributed by atoms with E-state index in [4.69, 9.17) is 8.85 Å². The van der Waals surface area contributed by atoms with Gasteiger partial charge in [-0.15, -0.1) is 0 Å². The maximum absolute atomic E-state index is 10.4. The van der Waals surface area contributed by atoms with Crippen molar-refractivity contribution in [3.63, 3.8) is 0 Å². The number of hydrogen-bond acceptors (Lipinski definition) is 3. The fourth-order valence-corrected chi connectivity index (χ4v) is 3.71. The Morgan fingerprint density at radius 1 is 1.31 bits per heavy atom. The minimum Gasteiger partial charge on any atom is -0.390 e. The van der Waals surface area contributed by atoms with Crippen LogP contribution in [-0.4, -0.2) is 26.6 Å². The van der Waals surface area contributed by atoms with E-state index in [2.05, 4.69) is 0 Å². The van der Waals surface area contributed by atoms with Crippen LogP contribution in [0.3, 0.4) is 0 Å². The van der Waals surface area contributed by atoms with Crippen LogP contribution in [0.25, 0.3) is 0 Å². The largest absolute Gasteiger partial charge is 0.390 e. The van der Waals surface area contributed by atoms with Crippen LogP contribution in [-0.2, 0) is 13.6 Å². The smallest absolute Gasteiger partial charge is 0.332 e. The van der Waals surface area contributed by atoms with Crippen molar-refractivity contribution in [1.82, 2.24) is 0 Å². The van der Waals surface area contributed by atoms with Crippen LogP contribution in [0.1, 0.15) is 27.7 Å². The molecule has 78 valence electrons. The van der Waals surface area contributed by atoms with Gasteiger partial charge < -0.3 is 13.6 Å². The highest BCUT2D eigenvalue weighted by molar-refractivity contribution is 6.64. The van der Waals surface area contributed by atoms with Crippen molar-refractivity contribution in [1.29, 1.82) is 0 Å². The Balaban J connectivity index is 4.15. The van der Waals surface area contributed by atoms with Crippen molar-refractivity contribution in [3.8, 4) is 0 Å². The van der Waals surface area contributed by atoms with E-state index < -0.39 is 8.56 Å². The summed E-state index contributed by atoms with van der Waals surface area (Å²) >= 11 is 0. The van der Waals surface area contributed by atoms with Gasteiger partial charge in [-0.2, -0.15) is 0 Å². The number of carbonyl (C=O) groups is 1. The molecule has 0 aliphatic heterocycles. The molecule has 4 heteroatoms. The zero-order valence-corrected chi connectivity index (χ0v) is 10.4. The molecule has 0 fully saturated rings. The molecule has 0 aromatic heterocycles. The first kappa shape index (κ1) is 12.8. The average molecular weight is 204 g/mol. The summed E-state index contributed by atoms with van der Waals surface area (Å²) in [4.78, 5) is 10.4. The molecule has 1 atom stereocenters. The highest BCUT2D eigenvalue weighted by Crippen LogP contribution is 2.18. The first-order valence-corrected chi connectivity index (χ1v) is 7.31. The van der Waals surface area contributed by atoms with Gasteiger partial charge in [0, 0.05) is 0 Å². The van der Waals surface area contributed by atoms with Crippen LogP contribution in [0.15, 0.2) is 0 Å². The fraction of sp³-hybridized carbons (Fsp3) is 0.889. The summed E-state index contributed by atoms with van der Waals surface area (Å²) in [6.45, 7) is 11.6. The number of aldehydes is 1. The Hall–Kier alpha value is -0.193. The molecule has 0 aromatic carbocycles. The van der Waals surface area contributed by atoms with E-state index in [1.807, 2.05) is 33.9 Å². The molecular weight excluding hydrogens is 184 g/mol. The summed E-state index contributed by atoms with van der Waals surface area (Å²) in [6.07, 6.45) is 0.421. The maximum Gasteiger partial charge on any atom is 0.332 e. The lowest BCUT2D eigenvalue weighted by atomic mass is 10.2.